The molecule has 23 heavy (non-hydrogen) atoms. The lowest BCUT2D eigenvalue weighted by Gasteiger charge is -2.13. The Bertz CT molecular complexity index is 1000. The number of para-hydroxylation sites is 1. The summed E-state index contributed by atoms with van der Waals surface area (Å²) in [4.78, 5) is 4.32. The number of sulfonamides is 1. The maximum Gasteiger partial charge on any atom is 0.263 e. The topological polar surface area (TPSA) is 59.1 Å². The Morgan fingerprint density at radius 1 is 1.04 bits per heavy atom. The molecule has 0 atom stereocenters. The molecule has 0 bridgehead atoms. The van der Waals surface area contributed by atoms with Gasteiger partial charge >= 0.3 is 0 Å². The maximum atomic E-state index is 12.7. The van der Waals surface area contributed by atoms with Gasteiger partial charge < -0.3 is 0 Å². The van der Waals surface area contributed by atoms with Crippen LogP contribution in [-0.2, 0) is 10.0 Å². The fraction of sp³-hybridized carbons (Fsp3) is 0.0625. The molecule has 0 radical (unpaired) electrons. The van der Waals surface area contributed by atoms with Crippen LogP contribution < -0.4 is 4.72 Å². The van der Waals surface area contributed by atoms with Crippen molar-refractivity contribution in [1.29, 1.82) is 0 Å². The van der Waals surface area contributed by atoms with Crippen LogP contribution in [-0.4, -0.2) is 13.4 Å². The smallest absolute Gasteiger partial charge is 0.263 e. The van der Waals surface area contributed by atoms with Crippen LogP contribution in [0.25, 0.3) is 10.9 Å². The molecule has 0 aliphatic heterocycles. The van der Waals surface area contributed by atoms with E-state index < -0.39 is 10.0 Å². The van der Waals surface area contributed by atoms with Gasteiger partial charge in [-0.2, -0.15) is 0 Å². The zero-order valence-corrected chi connectivity index (χ0v) is 14.4. The van der Waals surface area contributed by atoms with Gasteiger partial charge in [0, 0.05) is 11.1 Å². The number of hydrogen-bond donors (Lipinski definition) is 1. The normalized spacial score (nSPS) is 11.6. The molecule has 3 rings (SSSR count). The number of aryl methyl sites for hydroxylation is 1. The highest BCUT2D eigenvalue weighted by Gasteiger charge is 2.20. The van der Waals surface area contributed by atoms with E-state index in [4.69, 9.17) is 23.2 Å². The van der Waals surface area contributed by atoms with Crippen LogP contribution in [0.5, 0.6) is 0 Å². The molecular formula is C16H12Cl2N2O2S. The highest BCUT2D eigenvalue weighted by Crippen LogP contribution is 2.31. The van der Waals surface area contributed by atoms with Gasteiger partial charge in [0.2, 0.25) is 0 Å². The highest BCUT2D eigenvalue weighted by molar-refractivity contribution is 7.92. The standard InChI is InChI=1S/C16H12Cl2N2O2S/c1-10-9-14(11-5-2-3-7-13(11)19-10)20-23(21,22)15-8-4-6-12(17)16(15)18/h2-9H,1H3,(H,19,20). The van der Waals surface area contributed by atoms with E-state index in [1.807, 2.05) is 18.2 Å². The number of anilines is 1. The first kappa shape index (κ1) is 16.1. The van der Waals surface area contributed by atoms with Gasteiger partial charge in [-0.05, 0) is 31.2 Å². The summed E-state index contributed by atoms with van der Waals surface area (Å²) in [5, 5.41) is 0.891. The number of aromatic nitrogens is 1. The van der Waals surface area contributed by atoms with Crippen molar-refractivity contribution in [3.63, 3.8) is 0 Å². The van der Waals surface area contributed by atoms with Gasteiger partial charge in [-0.1, -0.05) is 47.5 Å². The van der Waals surface area contributed by atoms with Crippen molar-refractivity contribution < 1.29 is 8.42 Å². The molecule has 0 aliphatic rings. The first-order valence-corrected chi connectivity index (χ1v) is 8.95. The molecule has 1 aromatic heterocycles. The quantitative estimate of drug-likeness (QED) is 0.733. The van der Waals surface area contributed by atoms with E-state index in [9.17, 15) is 8.42 Å². The Kier molecular flexibility index (Phi) is 4.19. The van der Waals surface area contributed by atoms with Gasteiger partial charge in [0.15, 0.2) is 0 Å². The Hall–Kier alpha value is -1.82. The predicted octanol–water partition coefficient (Wildman–Crippen LogP) is 4.65. The fourth-order valence-corrected chi connectivity index (χ4v) is 4.12. The highest BCUT2D eigenvalue weighted by atomic mass is 35.5. The van der Waals surface area contributed by atoms with Gasteiger partial charge in [-0.3, -0.25) is 9.71 Å². The van der Waals surface area contributed by atoms with Gasteiger partial charge in [-0.25, -0.2) is 8.42 Å². The van der Waals surface area contributed by atoms with Crippen LogP contribution in [0.3, 0.4) is 0 Å². The SMILES string of the molecule is Cc1cc(NS(=O)(=O)c2cccc(Cl)c2Cl)c2ccccc2n1. The third-order valence-corrected chi connectivity index (χ3v) is 5.63. The lowest BCUT2D eigenvalue weighted by molar-refractivity contribution is 0.601. The zero-order chi connectivity index (χ0) is 16.6. The molecule has 118 valence electrons. The van der Waals surface area contributed by atoms with Crippen LogP contribution in [0.15, 0.2) is 53.4 Å². The summed E-state index contributed by atoms with van der Waals surface area (Å²) in [5.41, 5.74) is 1.87. The number of fused-ring (bicyclic) bond motifs is 1. The number of nitrogens with zero attached hydrogens (tertiary/aromatic N) is 1. The second kappa shape index (κ2) is 6.00. The Labute approximate surface area is 144 Å². The summed E-state index contributed by atoms with van der Waals surface area (Å²) in [6.45, 7) is 1.80. The van der Waals surface area contributed by atoms with Gasteiger partial charge in [0.05, 0.1) is 21.2 Å². The zero-order valence-electron chi connectivity index (χ0n) is 12.0. The minimum Gasteiger partial charge on any atom is -0.279 e. The largest absolute Gasteiger partial charge is 0.279 e. The van der Waals surface area contributed by atoms with Crippen LogP contribution in [0.1, 0.15) is 5.69 Å². The van der Waals surface area contributed by atoms with Crippen LogP contribution in [0, 0.1) is 6.92 Å². The molecule has 1 N–H and O–H groups in total. The first-order valence-electron chi connectivity index (χ1n) is 6.72. The summed E-state index contributed by atoms with van der Waals surface area (Å²) >= 11 is 11.9. The van der Waals surface area contributed by atoms with Gasteiger partial charge in [0.1, 0.15) is 4.90 Å². The van der Waals surface area contributed by atoms with E-state index in [1.165, 1.54) is 12.1 Å². The number of pyridine rings is 1. The second-order valence-electron chi connectivity index (χ2n) is 4.99. The maximum absolute atomic E-state index is 12.7. The Balaban J connectivity index is 2.13. The molecule has 1 heterocycles. The van der Waals surface area contributed by atoms with Crippen LogP contribution >= 0.6 is 23.2 Å². The van der Waals surface area contributed by atoms with Crippen LogP contribution in [0.2, 0.25) is 10.0 Å². The number of rotatable bonds is 3. The summed E-state index contributed by atoms with van der Waals surface area (Å²) < 4.78 is 27.9. The molecule has 0 unspecified atom stereocenters. The van der Waals surface area contributed by atoms with E-state index in [0.717, 1.165) is 0 Å². The molecule has 2 aromatic carbocycles. The van der Waals surface area contributed by atoms with Crippen molar-refractivity contribution in [2.24, 2.45) is 0 Å². The molecule has 0 saturated carbocycles. The number of halogens is 2. The third kappa shape index (κ3) is 3.13. The molecule has 0 fully saturated rings. The van der Waals surface area contributed by atoms with Crippen molar-refractivity contribution >= 4 is 49.8 Å². The fourth-order valence-electron chi connectivity index (χ4n) is 2.28. The number of nitrogens with one attached hydrogen (secondary N) is 1. The summed E-state index contributed by atoms with van der Waals surface area (Å²) in [7, 11) is -3.87. The van der Waals surface area contributed by atoms with Crippen molar-refractivity contribution in [2.45, 2.75) is 11.8 Å². The number of benzene rings is 2. The van der Waals surface area contributed by atoms with Gasteiger partial charge in [-0.15, -0.1) is 0 Å². The van der Waals surface area contributed by atoms with E-state index in [-0.39, 0.29) is 14.9 Å². The summed E-state index contributed by atoms with van der Waals surface area (Å²) in [5.74, 6) is 0. The van der Waals surface area contributed by atoms with E-state index in [2.05, 4.69) is 9.71 Å². The first-order chi connectivity index (χ1) is 10.9. The van der Waals surface area contributed by atoms with Crippen molar-refractivity contribution in [1.82, 2.24) is 4.98 Å². The van der Waals surface area contributed by atoms with E-state index in [1.54, 1.807) is 25.1 Å². The van der Waals surface area contributed by atoms with E-state index >= 15 is 0 Å². The van der Waals surface area contributed by atoms with Crippen molar-refractivity contribution in [3.8, 4) is 0 Å². The van der Waals surface area contributed by atoms with Gasteiger partial charge in [0.25, 0.3) is 10.0 Å². The minimum atomic E-state index is -3.87. The minimum absolute atomic E-state index is 0.00301. The van der Waals surface area contributed by atoms with E-state index in [0.29, 0.717) is 22.3 Å². The summed E-state index contributed by atoms with van der Waals surface area (Å²) in [6, 6.07) is 13.5. The molecule has 3 aromatic rings. The average Bonchev–Trinajstić information content (AvgIpc) is 2.49. The van der Waals surface area contributed by atoms with Crippen molar-refractivity contribution in [2.75, 3.05) is 4.72 Å². The number of hydrogen-bond acceptors (Lipinski definition) is 3. The monoisotopic (exact) mass is 366 g/mol. The Morgan fingerprint density at radius 3 is 2.57 bits per heavy atom. The van der Waals surface area contributed by atoms with Crippen molar-refractivity contribution in [3.05, 3.63) is 64.3 Å². The second-order valence-corrected chi connectivity index (χ2v) is 7.42. The predicted molar refractivity (Wildman–Crippen MR) is 93.8 cm³/mol. The van der Waals surface area contributed by atoms with Crippen LogP contribution in [0.4, 0.5) is 5.69 Å². The molecule has 7 heteroatoms. The lowest BCUT2D eigenvalue weighted by Crippen LogP contribution is -2.14. The summed E-state index contributed by atoms with van der Waals surface area (Å²) in [6.07, 6.45) is 0. The molecule has 0 spiro atoms. The lowest BCUT2D eigenvalue weighted by atomic mass is 10.2. The average molecular weight is 367 g/mol. The Morgan fingerprint density at radius 2 is 1.78 bits per heavy atom. The molecule has 0 saturated heterocycles. The molecule has 0 amide bonds. The molecule has 4 nitrogen and oxygen atoms in total. The molecular weight excluding hydrogens is 355 g/mol. The third-order valence-electron chi connectivity index (χ3n) is 3.29. The molecule has 0 aliphatic carbocycles.